The third-order valence-corrected chi connectivity index (χ3v) is 5.22. The molecule has 134 valence electrons. The molecule has 2 heterocycles. The van der Waals surface area contributed by atoms with Crippen LogP contribution in [0.15, 0.2) is 42.7 Å². The van der Waals surface area contributed by atoms with Crippen LogP contribution in [-0.2, 0) is 11.2 Å². The van der Waals surface area contributed by atoms with E-state index >= 15 is 0 Å². The van der Waals surface area contributed by atoms with Crippen molar-refractivity contribution in [1.82, 2.24) is 10.3 Å². The molecule has 25 heavy (non-hydrogen) atoms. The largest absolute Gasteiger partial charge is 0.545 e. The predicted octanol–water partition coefficient (Wildman–Crippen LogP) is 1.94. The van der Waals surface area contributed by atoms with Crippen LogP contribution < -0.4 is 10.4 Å². The lowest BCUT2D eigenvalue weighted by Gasteiger charge is -2.17. The van der Waals surface area contributed by atoms with E-state index in [4.69, 9.17) is 0 Å². The molecule has 2 atom stereocenters. The predicted molar refractivity (Wildman–Crippen MR) is 98.0 cm³/mol. The van der Waals surface area contributed by atoms with Crippen molar-refractivity contribution >= 4 is 22.9 Å². The summed E-state index contributed by atoms with van der Waals surface area (Å²) in [6, 6.07) is 7.91. The lowest BCUT2D eigenvalue weighted by atomic mass is 10.1. The van der Waals surface area contributed by atoms with Crippen LogP contribution in [0.2, 0.25) is 0 Å². The molecule has 2 N–H and O–H groups in total. The number of aliphatic carboxylic acids is 1. The van der Waals surface area contributed by atoms with Crippen LogP contribution in [0.5, 0.6) is 0 Å². The molecule has 0 radical (unpaired) electrons. The van der Waals surface area contributed by atoms with Crippen LogP contribution in [0.4, 0.5) is 0 Å². The number of nitrogens with zero attached hydrogens (tertiary/aromatic N) is 1. The second-order valence-electron chi connectivity index (χ2n) is 6.06. The van der Waals surface area contributed by atoms with Crippen molar-refractivity contribution in [3.05, 3.63) is 58.1 Å². The minimum Gasteiger partial charge on any atom is -0.545 e. The number of rotatable bonds is 9. The molecular formula is C19H23N2O3S-. The first kappa shape index (κ1) is 19.3. The van der Waals surface area contributed by atoms with Gasteiger partial charge < -0.3 is 20.3 Å². The van der Waals surface area contributed by atoms with Gasteiger partial charge in [0.05, 0.1) is 12.1 Å². The summed E-state index contributed by atoms with van der Waals surface area (Å²) in [5.74, 6) is -1.17. The van der Waals surface area contributed by atoms with Crippen LogP contribution in [0, 0.1) is 0 Å². The van der Waals surface area contributed by atoms with Gasteiger partial charge >= 0.3 is 0 Å². The van der Waals surface area contributed by atoms with E-state index < -0.39 is 12.1 Å². The van der Waals surface area contributed by atoms with E-state index in [0.29, 0.717) is 12.1 Å². The zero-order valence-corrected chi connectivity index (χ0v) is 15.3. The van der Waals surface area contributed by atoms with Crippen LogP contribution in [0.3, 0.4) is 0 Å². The molecule has 0 aliphatic rings. The first-order chi connectivity index (χ1) is 12.0. The van der Waals surface area contributed by atoms with E-state index in [0.717, 1.165) is 29.4 Å². The van der Waals surface area contributed by atoms with E-state index in [9.17, 15) is 15.0 Å². The van der Waals surface area contributed by atoms with E-state index in [1.165, 1.54) is 4.88 Å². The first-order valence-corrected chi connectivity index (χ1v) is 9.07. The maximum atomic E-state index is 10.6. The Morgan fingerprint density at radius 2 is 2.24 bits per heavy atom. The number of carboxylic acids is 1. The fourth-order valence-electron chi connectivity index (χ4n) is 2.44. The number of carboxylic acid groups (broad SMARTS) is 1. The van der Waals surface area contributed by atoms with E-state index in [1.807, 2.05) is 24.3 Å². The highest BCUT2D eigenvalue weighted by Gasteiger charge is 2.10. The van der Waals surface area contributed by atoms with Crippen LogP contribution >= 0.6 is 11.3 Å². The van der Waals surface area contributed by atoms with E-state index in [-0.39, 0.29) is 6.04 Å². The number of aryl methyl sites for hydroxylation is 1. The van der Waals surface area contributed by atoms with Gasteiger partial charge in [-0.1, -0.05) is 6.07 Å². The quantitative estimate of drug-likeness (QED) is 0.669. The molecule has 2 aromatic rings. The Bertz CT molecular complexity index is 712. The summed E-state index contributed by atoms with van der Waals surface area (Å²) >= 11 is 1.60. The van der Waals surface area contributed by atoms with Gasteiger partial charge in [-0.15, -0.1) is 11.3 Å². The minimum absolute atomic E-state index is 0.261. The highest BCUT2D eigenvalue weighted by molar-refractivity contribution is 7.13. The molecule has 0 aliphatic heterocycles. The molecule has 0 spiro atoms. The molecule has 2 rings (SSSR count). The number of carbonyl (C=O) groups excluding carboxylic acids is 1. The number of hydrogen-bond donors (Lipinski definition) is 2. The Kier molecular flexibility index (Phi) is 7.31. The van der Waals surface area contributed by atoms with Gasteiger partial charge in [-0.3, -0.25) is 4.98 Å². The molecule has 6 heteroatoms. The van der Waals surface area contributed by atoms with Crippen molar-refractivity contribution in [3.63, 3.8) is 0 Å². The van der Waals surface area contributed by atoms with E-state index in [1.54, 1.807) is 30.7 Å². The fourth-order valence-corrected chi connectivity index (χ4v) is 3.43. The summed E-state index contributed by atoms with van der Waals surface area (Å²) in [5.41, 5.74) is 1.52. The zero-order chi connectivity index (χ0) is 18.2. The Balaban J connectivity index is 1.77. The van der Waals surface area contributed by atoms with Crippen LogP contribution in [-0.4, -0.2) is 28.6 Å². The third-order valence-electron chi connectivity index (χ3n) is 3.94. The lowest BCUT2D eigenvalue weighted by molar-refractivity contribution is -0.297. The average molecular weight is 359 g/mol. The summed E-state index contributed by atoms with van der Waals surface area (Å²) in [6.45, 7) is 4.34. The van der Waals surface area contributed by atoms with Crippen molar-refractivity contribution in [2.24, 2.45) is 0 Å². The Labute approximate surface area is 152 Å². The summed E-state index contributed by atoms with van der Waals surface area (Å²) < 4.78 is 0. The van der Waals surface area contributed by atoms with Crippen molar-refractivity contribution in [2.75, 3.05) is 6.54 Å². The smallest absolute Gasteiger partial charge is 0.0929 e. The van der Waals surface area contributed by atoms with Gasteiger partial charge in [0.1, 0.15) is 0 Å². The number of aliphatic hydroxyl groups is 1. The first-order valence-electron chi connectivity index (χ1n) is 8.25. The van der Waals surface area contributed by atoms with Gasteiger partial charge in [-0.25, -0.2) is 0 Å². The zero-order valence-electron chi connectivity index (χ0n) is 14.4. The molecule has 2 aromatic heterocycles. The number of pyridine rings is 1. The number of carbonyl (C=O) groups is 1. The maximum Gasteiger partial charge on any atom is 0.0929 e. The Hall–Kier alpha value is -2.02. The summed E-state index contributed by atoms with van der Waals surface area (Å²) in [6.07, 6.45) is 5.75. The van der Waals surface area contributed by atoms with Crippen LogP contribution in [0.25, 0.3) is 5.57 Å². The number of hydrogen-bond acceptors (Lipinski definition) is 6. The molecule has 0 saturated heterocycles. The molecule has 0 bridgehead atoms. The molecule has 0 amide bonds. The van der Waals surface area contributed by atoms with Gasteiger partial charge in [0.15, 0.2) is 0 Å². The van der Waals surface area contributed by atoms with Crippen molar-refractivity contribution in [1.29, 1.82) is 0 Å². The Morgan fingerprint density at radius 3 is 2.92 bits per heavy atom. The SMILES string of the molecule is C/C(=C\C(=O)[O-])c1ccc(CCC(C)NCC(O)c2cccnc2)s1. The number of allylic oxidation sites excluding steroid dienone is 1. The second-order valence-corrected chi connectivity index (χ2v) is 7.23. The number of aliphatic hydroxyl groups excluding tert-OH is 1. The average Bonchev–Trinajstić information content (AvgIpc) is 3.07. The summed E-state index contributed by atoms with van der Waals surface area (Å²) in [7, 11) is 0. The van der Waals surface area contributed by atoms with Gasteiger partial charge in [-0.05, 0) is 56.5 Å². The standard InChI is InChI=1S/C19H24N2O3S/c1-13(10-19(23)24)18-8-7-16(25-18)6-5-14(2)21-12-17(22)15-4-3-9-20-11-15/h3-4,7-11,14,17,21-22H,5-6,12H2,1-2H3,(H,23,24)/p-1/b13-10+. The van der Waals surface area contributed by atoms with Gasteiger partial charge in [0.25, 0.3) is 0 Å². The molecular weight excluding hydrogens is 336 g/mol. The molecule has 2 unspecified atom stereocenters. The number of nitrogens with one attached hydrogen (secondary N) is 1. The maximum absolute atomic E-state index is 10.6. The highest BCUT2D eigenvalue weighted by atomic mass is 32.1. The topological polar surface area (TPSA) is 85.3 Å². The summed E-state index contributed by atoms with van der Waals surface area (Å²) in [4.78, 5) is 16.8. The molecule has 0 fully saturated rings. The van der Waals surface area contributed by atoms with Gasteiger partial charge in [-0.2, -0.15) is 0 Å². The van der Waals surface area contributed by atoms with Crippen molar-refractivity contribution in [3.8, 4) is 0 Å². The third kappa shape index (κ3) is 6.42. The van der Waals surface area contributed by atoms with Crippen molar-refractivity contribution in [2.45, 2.75) is 38.8 Å². The lowest BCUT2D eigenvalue weighted by Crippen LogP contribution is -2.30. The van der Waals surface area contributed by atoms with Crippen molar-refractivity contribution < 1.29 is 15.0 Å². The molecule has 0 aromatic carbocycles. The second kappa shape index (κ2) is 9.46. The highest BCUT2D eigenvalue weighted by Crippen LogP contribution is 2.25. The van der Waals surface area contributed by atoms with E-state index in [2.05, 4.69) is 17.2 Å². The summed E-state index contributed by atoms with van der Waals surface area (Å²) in [5, 5.41) is 24.1. The number of aromatic nitrogens is 1. The number of thiophene rings is 1. The van der Waals surface area contributed by atoms with Crippen LogP contribution in [0.1, 0.15) is 41.7 Å². The van der Waals surface area contributed by atoms with Gasteiger partial charge in [0.2, 0.25) is 0 Å². The molecule has 5 nitrogen and oxygen atoms in total. The minimum atomic E-state index is -1.17. The molecule has 0 saturated carbocycles. The Morgan fingerprint density at radius 1 is 1.44 bits per heavy atom. The molecule has 0 aliphatic carbocycles. The van der Waals surface area contributed by atoms with Gasteiger partial charge in [0, 0.05) is 40.3 Å². The monoisotopic (exact) mass is 359 g/mol. The fraction of sp³-hybridized carbons (Fsp3) is 0.368. The normalized spacial score (nSPS) is 14.3.